The fourth-order valence-corrected chi connectivity index (χ4v) is 2.56. The third-order valence-corrected chi connectivity index (χ3v) is 4.02. The molecule has 1 N–H and O–H groups in total. The van der Waals surface area contributed by atoms with Gasteiger partial charge in [-0.3, -0.25) is 9.20 Å². The summed E-state index contributed by atoms with van der Waals surface area (Å²) in [5.41, 5.74) is -0.884. The molecule has 0 atom stereocenters. The van der Waals surface area contributed by atoms with Gasteiger partial charge in [0.15, 0.2) is 18.1 Å². The molecule has 0 fully saturated rings. The number of amides is 1. The highest BCUT2D eigenvalue weighted by Crippen LogP contribution is 2.32. The minimum Gasteiger partial charge on any atom is -0.484 e. The fraction of sp³-hybridized carbons (Fsp3) is 0.188. The average molecular weight is 419 g/mol. The quantitative estimate of drug-likeness (QED) is 0.684. The minimum atomic E-state index is -4.57. The molecule has 27 heavy (non-hydrogen) atoms. The van der Waals surface area contributed by atoms with Gasteiger partial charge in [-0.15, -0.1) is 10.2 Å². The van der Waals surface area contributed by atoms with E-state index in [0.29, 0.717) is 10.8 Å². The summed E-state index contributed by atoms with van der Waals surface area (Å²) in [6.07, 6.45) is -3.75. The van der Waals surface area contributed by atoms with Gasteiger partial charge in [-0.05, 0) is 30.3 Å². The number of hydrogen-bond acceptors (Lipinski definition) is 4. The second kappa shape index (κ2) is 7.61. The van der Waals surface area contributed by atoms with Crippen molar-refractivity contribution < 1.29 is 22.7 Å². The number of rotatable bonds is 5. The van der Waals surface area contributed by atoms with E-state index in [1.165, 1.54) is 0 Å². The largest absolute Gasteiger partial charge is 0.484 e. The molecule has 2 heterocycles. The first-order chi connectivity index (χ1) is 12.7. The monoisotopic (exact) mass is 418 g/mol. The van der Waals surface area contributed by atoms with Crippen LogP contribution in [-0.2, 0) is 17.5 Å². The van der Waals surface area contributed by atoms with Gasteiger partial charge in [-0.25, -0.2) is 0 Å². The molecular formula is C16H11Cl2F3N4O2. The Balaban J connectivity index is 1.66. The molecule has 11 heteroatoms. The van der Waals surface area contributed by atoms with Gasteiger partial charge in [0.05, 0.1) is 17.1 Å². The molecule has 6 nitrogen and oxygen atoms in total. The molecule has 0 spiro atoms. The standard InChI is InChI=1S/C16H11Cl2F3N4O2/c17-10-1-3-11(4-2-10)27-8-14(26)22-6-13-23-24-15-12(18)5-9(7-25(13)15)16(19,20)21/h1-5,7H,6,8H2,(H,22,26). The maximum absolute atomic E-state index is 12.9. The number of aromatic nitrogens is 3. The number of carbonyl (C=O) groups is 1. The molecule has 0 aliphatic rings. The zero-order chi connectivity index (χ0) is 19.6. The van der Waals surface area contributed by atoms with Crippen LogP contribution < -0.4 is 10.1 Å². The minimum absolute atomic E-state index is 0.0614. The van der Waals surface area contributed by atoms with Gasteiger partial charge in [0.25, 0.3) is 5.91 Å². The zero-order valence-corrected chi connectivity index (χ0v) is 14.9. The number of carbonyl (C=O) groups excluding carboxylic acids is 1. The smallest absolute Gasteiger partial charge is 0.417 e. The van der Waals surface area contributed by atoms with Crippen LogP contribution in [0, 0.1) is 0 Å². The molecule has 0 unspecified atom stereocenters. The van der Waals surface area contributed by atoms with Gasteiger partial charge in [0.2, 0.25) is 0 Å². The number of ether oxygens (including phenoxy) is 1. The average Bonchev–Trinajstić information content (AvgIpc) is 3.02. The van der Waals surface area contributed by atoms with Gasteiger partial charge in [-0.2, -0.15) is 13.2 Å². The molecule has 0 aliphatic heterocycles. The van der Waals surface area contributed by atoms with E-state index in [0.717, 1.165) is 16.7 Å². The lowest BCUT2D eigenvalue weighted by molar-refractivity contribution is -0.137. The highest BCUT2D eigenvalue weighted by Gasteiger charge is 2.32. The van der Waals surface area contributed by atoms with E-state index < -0.39 is 17.6 Å². The van der Waals surface area contributed by atoms with Crippen LogP contribution in [0.3, 0.4) is 0 Å². The Morgan fingerprint density at radius 2 is 1.89 bits per heavy atom. The number of hydrogen-bond donors (Lipinski definition) is 1. The molecule has 0 saturated heterocycles. The van der Waals surface area contributed by atoms with Crippen LogP contribution in [0.15, 0.2) is 36.5 Å². The van der Waals surface area contributed by atoms with E-state index in [4.69, 9.17) is 27.9 Å². The zero-order valence-electron chi connectivity index (χ0n) is 13.4. The van der Waals surface area contributed by atoms with Crippen LogP contribution >= 0.6 is 23.2 Å². The van der Waals surface area contributed by atoms with Gasteiger partial charge in [0.1, 0.15) is 5.75 Å². The topological polar surface area (TPSA) is 68.5 Å². The van der Waals surface area contributed by atoms with Crippen LogP contribution in [0.1, 0.15) is 11.4 Å². The summed E-state index contributed by atoms with van der Waals surface area (Å²) < 4.78 is 45.1. The van der Waals surface area contributed by atoms with Crippen molar-refractivity contribution in [2.24, 2.45) is 0 Å². The summed E-state index contributed by atoms with van der Waals surface area (Å²) in [5, 5.41) is 10.3. The lowest BCUT2D eigenvalue weighted by atomic mass is 10.3. The highest BCUT2D eigenvalue weighted by atomic mass is 35.5. The number of nitrogens with one attached hydrogen (secondary N) is 1. The predicted octanol–water partition coefficient (Wildman–Crippen LogP) is 3.75. The molecule has 0 saturated carbocycles. The van der Waals surface area contributed by atoms with Crippen molar-refractivity contribution in [2.45, 2.75) is 12.7 Å². The third-order valence-electron chi connectivity index (χ3n) is 3.49. The Kier molecular flexibility index (Phi) is 5.43. The summed E-state index contributed by atoms with van der Waals surface area (Å²) in [7, 11) is 0. The Labute approximate surface area is 160 Å². The predicted molar refractivity (Wildman–Crippen MR) is 91.8 cm³/mol. The van der Waals surface area contributed by atoms with Gasteiger partial charge < -0.3 is 10.1 Å². The molecule has 1 amide bonds. The first-order valence-electron chi connectivity index (χ1n) is 7.49. The maximum Gasteiger partial charge on any atom is 0.417 e. The van der Waals surface area contributed by atoms with Crippen molar-refractivity contribution in [2.75, 3.05) is 6.61 Å². The van der Waals surface area contributed by atoms with Crippen LogP contribution in [-0.4, -0.2) is 27.1 Å². The lowest BCUT2D eigenvalue weighted by Crippen LogP contribution is -2.29. The van der Waals surface area contributed by atoms with Gasteiger partial charge in [0, 0.05) is 11.2 Å². The number of nitrogens with zero attached hydrogens (tertiary/aromatic N) is 3. The molecule has 0 bridgehead atoms. The van der Waals surface area contributed by atoms with Crippen LogP contribution in [0.25, 0.3) is 5.65 Å². The number of halogens is 5. The second-order valence-electron chi connectivity index (χ2n) is 5.40. The van der Waals surface area contributed by atoms with Crippen molar-refractivity contribution >= 4 is 34.8 Å². The SMILES string of the molecule is O=C(COc1ccc(Cl)cc1)NCc1nnc2c(Cl)cc(C(F)(F)F)cn12. The van der Waals surface area contributed by atoms with Crippen molar-refractivity contribution in [1.82, 2.24) is 19.9 Å². The third kappa shape index (κ3) is 4.61. The molecule has 3 rings (SSSR count). The Hall–Kier alpha value is -2.52. The fourth-order valence-electron chi connectivity index (χ4n) is 2.18. The first kappa shape index (κ1) is 19.2. The van der Waals surface area contributed by atoms with Crippen molar-refractivity contribution in [3.8, 4) is 5.75 Å². The highest BCUT2D eigenvalue weighted by molar-refractivity contribution is 6.33. The van der Waals surface area contributed by atoms with E-state index >= 15 is 0 Å². The Morgan fingerprint density at radius 1 is 1.19 bits per heavy atom. The maximum atomic E-state index is 12.9. The second-order valence-corrected chi connectivity index (χ2v) is 6.25. The molecule has 0 aliphatic carbocycles. The van der Waals surface area contributed by atoms with Crippen LogP contribution in [0.4, 0.5) is 13.2 Å². The number of alkyl halides is 3. The molecule has 1 aromatic carbocycles. The summed E-state index contributed by atoms with van der Waals surface area (Å²) in [6, 6.07) is 7.19. The molecular weight excluding hydrogens is 408 g/mol. The van der Waals surface area contributed by atoms with Crippen molar-refractivity contribution in [3.63, 3.8) is 0 Å². The Morgan fingerprint density at radius 3 is 2.56 bits per heavy atom. The van der Waals surface area contributed by atoms with E-state index in [1.807, 2.05) is 0 Å². The summed E-state index contributed by atoms with van der Waals surface area (Å²) in [5.74, 6) is 0.0571. The molecule has 142 valence electrons. The van der Waals surface area contributed by atoms with E-state index in [9.17, 15) is 18.0 Å². The number of benzene rings is 1. The Bertz CT molecular complexity index is 974. The summed E-state index contributed by atoms with van der Waals surface area (Å²) in [6.45, 7) is -0.436. The van der Waals surface area contributed by atoms with E-state index in [-0.39, 0.29) is 29.6 Å². The lowest BCUT2D eigenvalue weighted by Gasteiger charge is -2.09. The summed E-state index contributed by atoms with van der Waals surface area (Å²) >= 11 is 11.6. The van der Waals surface area contributed by atoms with Gasteiger partial charge >= 0.3 is 6.18 Å². The number of fused-ring (bicyclic) bond motifs is 1. The van der Waals surface area contributed by atoms with Crippen molar-refractivity contribution in [3.05, 3.63) is 58.0 Å². The molecule has 0 radical (unpaired) electrons. The van der Waals surface area contributed by atoms with Crippen molar-refractivity contribution in [1.29, 1.82) is 0 Å². The van der Waals surface area contributed by atoms with E-state index in [2.05, 4.69) is 15.5 Å². The summed E-state index contributed by atoms with van der Waals surface area (Å²) in [4.78, 5) is 11.9. The normalized spacial score (nSPS) is 11.6. The number of pyridine rings is 1. The van der Waals surface area contributed by atoms with Crippen LogP contribution in [0.5, 0.6) is 5.75 Å². The first-order valence-corrected chi connectivity index (χ1v) is 8.25. The van der Waals surface area contributed by atoms with E-state index in [1.54, 1.807) is 24.3 Å². The molecule has 3 aromatic rings. The van der Waals surface area contributed by atoms with Gasteiger partial charge in [-0.1, -0.05) is 23.2 Å². The van der Waals surface area contributed by atoms with Crippen LogP contribution in [0.2, 0.25) is 10.0 Å². The molecule has 2 aromatic heterocycles.